The highest BCUT2D eigenvalue weighted by Crippen LogP contribution is 2.28. The summed E-state index contributed by atoms with van der Waals surface area (Å²) in [5.41, 5.74) is 3.21. The highest BCUT2D eigenvalue weighted by atomic mass is 35.5. The summed E-state index contributed by atoms with van der Waals surface area (Å²) in [5.74, 6) is 0.670. The molecule has 156 valence electrons. The molecule has 3 aromatic rings. The van der Waals surface area contributed by atoms with Crippen LogP contribution in [0.25, 0.3) is 11.3 Å². The molecule has 1 fully saturated rings. The number of methoxy groups -OCH3 is 1. The molecule has 0 unspecified atom stereocenters. The molecule has 0 spiro atoms. The Labute approximate surface area is 181 Å². The number of amides is 1. The molecule has 30 heavy (non-hydrogen) atoms. The van der Waals surface area contributed by atoms with Crippen molar-refractivity contribution in [2.75, 3.05) is 26.7 Å². The second-order valence-corrected chi connectivity index (χ2v) is 7.85. The molecule has 1 atom stereocenters. The van der Waals surface area contributed by atoms with Gasteiger partial charge in [-0.05, 0) is 55.8 Å². The summed E-state index contributed by atoms with van der Waals surface area (Å²) in [5, 5.41) is 10.8. The lowest BCUT2D eigenvalue weighted by molar-refractivity contribution is 0.0938. The van der Waals surface area contributed by atoms with Crippen LogP contribution in [0.1, 0.15) is 34.8 Å². The summed E-state index contributed by atoms with van der Waals surface area (Å²) in [6.45, 7) is 2.57. The van der Waals surface area contributed by atoms with Crippen LogP contribution in [0.15, 0.2) is 54.7 Å². The molecule has 0 bridgehead atoms. The fraction of sp³-hybridized carbons (Fsp3) is 0.304. The van der Waals surface area contributed by atoms with Gasteiger partial charge in [0, 0.05) is 17.1 Å². The van der Waals surface area contributed by atoms with Crippen molar-refractivity contribution >= 4 is 17.5 Å². The molecule has 6 nitrogen and oxygen atoms in total. The molecule has 2 N–H and O–H groups in total. The molecule has 0 saturated carbocycles. The summed E-state index contributed by atoms with van der Waals surface area (Å²) >= 11 is 5.98. The number of carbonyl (C=O) groups is 1. The largest absolute Gasteiger partial charge is 0.497 e. The Kier molecular flexibility index (Phi) is 6.35. The molecular weight excluding hydrogens is 400 g/mol. The van der Waals surface area contributed by atoms with Crippen molar-refractivity contribution in [1.82, 2.24) is 20.4 Å². The molecular formula is C23H25ClN4O2. The van der Waals surface area contributed by atoms with E-state index in [1.165, 1.54) is 12.8 Å². The van der Waals surface area contributed by atoms with Crippen molar-refractivity contribution < 1.29 is 9.53 Å². The van der Waals surface area contributed by atoms with Gasteiger partial charge in [0.15, 0.2) is 0 Å². The number of benzene rings is 2. The number of hydrogen-bond acceptors (Lipinski definition) is 4. The SMILES string of the molecule is COc1cccc([C@@H](CNC(=O)c2cn[nH]c2-c2ccc(Cl)cc2)N2CCCC2)c1. The molecule has 1 aliphatic rings. The van der Waals surface area contributed by atoms with E-state index in [9.17, 15) is 4.79 Å². The van der Waals surface area contributed by atoms with Gasteiger partial charge in [0.25, 0.3) is 5.91 Å². The van der Waals surface area contributed by atoms with Gasteiger partial charge in [-0.3, -0.25) is 14.8 Å². The first-order valence-electron chi connectivity index (χ1n) is 10.1. The zero-order valence-corrected chi connectivity index (χ0v) is 17.7. The minimum Gasteiger partial charge on any atom is -0.497 e. The van der Waals surface area contributed by atoms with Crippen LogP contribution in [0.2, 0.25) is 5.02 Å². The summed E-state index contributed by atoms with van der Waals surface area (Å²) in [6, 6.07) is 15.5. The van der Waals surface area contributed by atoms with Crippen LogP contribution < -0.4 is 10.1 Å². The van der Waals surface area contributed by atoms with Crippen molar-refractivity contribution in [3.8, 4) is 17.0 Å². The molecule has 7 heteroatoms. The Morgan fingerprint density at radius 2 is 2.00 bits per heavy atom. The van der Waals surface area contributed by atoms with E-state index in [0.717, 1.165) is 30.0 Å². The maximum atomic E-state index is 13.0. The second-order valence-electron chi connectivity index (χ2n) is 7.41. The van der Waals surface area contributed by atoms with E-state index in [1.54, 1.807) is 25.4 Å². The fourth-order valence-corrected chi connectivity index (χ4v) is 4.07. The number of aromatic amines is 1. The van der Waals surface area contributed by atoms with E-state index >= 15 is 0 Å². The molecule has 0 radical (unpaired) electrons. The number of ether oxygens (including phenoxy) is 1. The number of rotatable bonds is 7. The molecule has 2 heterocycles. The minimum atomic E-state index is -0.152. The van der Waals surface area contributed by atoms with E-state index < -0.39 is 0 Å². The van der Waals surface area contributed by atoms with Crippen LogP contribution >= 0.6 is 11.6 Å². The van der Waals surface area contributed by atoms with Gasteiger partial charge in [0.05, 0.1) is 30.6 Å². The molecule has 1 saturated heterocycles. The Morgan fingerprint density at radius 1 is 1.23 bits per heavy atom. The lowest BCUT2D eigenvalue weighted by atomic mass is 10.0. The molecule has 1 aliphatic heterocycles. The van der Waals surface area contributed by atoms with Crippen LogP contribution in [0.5, 0.6) is 5.75 Å². The molecule has 0 aliphatic carbocycles. The predicted octanol–water partition coefficient (Wildman–Crippen LogP) is 4.31. The van der Waals surface area contributed by atoms with Crippen molar-refractivity contribution in [2.24, 2.45) is 0 Å². The average molecular weight is 425 g/mol. The normalized spacial score (nSPS) is 15.1. The molecule has 1 aromatic heterocycles. The lowest BCUT2D eigenvalue weighted by Crippen LogP contribution is -2.36. The number of nitrogens with zero attached hydrogens (tertiary/aromatic N) is 2. The van der Waals surface area contributed by atoms with Gasteiger partial charge in [0.1, 0.15) is 5.75 Å². The zero-order chi connectivity index (χ0) is 20.9. The van der Waals surface area contributed by atoms with Crippen LogP contribution in [0, 0.1) is 0 Å². The first-order chi connectivity index (χ1) is 14.7. The maximum Gasteiger partial charge on any atom is 0.255 e. The number of carbonyl (C=O) groups excluding carboxylic acids is 1. The van der Waals surface area contributed by atoms with E-state index in [-0.39, 0.29) is 11.9 Å². The van der Waals surface area contributed by atoms with Crippen molar-refractivity contribution in [1.29, 1.82) is 0 Å². The maximum absolute atomic E-state index is 13.0. The first-order valence-corrected chi connectivity index (χ1v) is 10.5. The second kappa shape index (κ2) is 9.32. The van der Waals surface area contributed by atoms with Gasteiger partial charge in [-0.1, -0.05) is 35.9 Å². The van der Waals surface area contributed by atoms with Crippen molar-refractivity contribution in [3.63, 3.8) is 0 Å². The van der Waals surface area contributed by atoms with Crippen molar-refractivity contribution in [3.05, 3.63) is 70.9 Å². The monoisotopic (exact) mass is 424 g/mol. The number of H-pyrrole nitrogens is 1. The number of aromatic nitrogens is 2. The third kappa shape index (κ3) is 4.50. The van der Waals surface area contributed by atoms with Gasteiger partial charge in [-0.25, -0.2) is 0 Å². The number of likely N-dealkylation sites (tertiary alicyclic amines) is 1. The van der Waals surface area contributed by atoms with Gasteiger partial charge >= 0.3 is 0 Å². The Morgan fingerprint density at radius 3 is 2.73 bits per heavy atom. The van der Waals surface area contributed by atoms with E-state index in [1.807, 2.05) is 30.3 Å². The van der Waals surface area contributed by atoms with Crippen LogP contribution in [0.3, 0.4) is 0 Å². The lowest BCUT2D eigenvalue weighted by Gasteiger charge is -2.28. The molecule has 4 rings (SSSR count). The summed E-state index contributed by atoms with van der Waals surface area (Å²) in [6.07, 6.45) is 3.92. The molecule has 2 aromatic carbocycles. The quantitative estimate of drug-likeness (QED) is 0.593. The molecule has 1 amide bonds. The first kappa shape index (κ1) is 20.4. The Hall–Kier alpha value is -2.83. The highest BCUT2D eigenvalue weighted by Gasteiger charge is 2.25. The van der Waals surface area contributed by atoms with E-state index in [2.05, 4.69) is 26.5 Å². The summed E-state index contributed by atoms with van der Waals surface area (Å²) in [7, 11) is 1.67. The van der Waals surface area contributed by atoms with Crippen molar-refractivity contribution in [2.45, 2.75) is 18.9 Å². The number of halogens is 1. The fourth-order valence-electron chi connectivity index (χ4n) is 3.94. The standard InChI is InChI=1S/C23H25ClN4O2/c1-30-19-6-4-5-17(13-19)21(28-11-2-3-12-28)15-25-23(29)20-14-26-27-22(20)16-7-9-18(24)10-8-16/h4-10,13-14,21H,2-3,11-12,15H2,1H3,(H,25,29)(H,26,27)/t21-/m1/s1. The number of nitrogens with one attached hydrogen (secondary N) is 2. The zero-order valence-electron chi connectivity index (χ0n) is 16.9. The van der Waals surface area contributed by atoms with Gasteiger partial charge in [-0.15, -0.1) is 0 Å². The highest BCUT2D eigenvalue weighted by molar-refractivity contribution is 6.30. The van der Waals surface area contributed by atoms with E-state index in [0.29, 0.717) is 22.8 Å². The number of hydrogen-bond donors (Lipinski definition) is 2. The third-order valence-electron chi connectivity index (χ3n) is 5.53. The smallest absolute Gasteiger partial charge is 0.255 e. The predicted molar refractivity (Wildman–Crippen MR) is 118 cm³/mol. The minimum absolute atomic E-state index is 0.0948. The average Bonchev–Trinajstić information content (AvgIpc) is 3.47. The van der Waals surface area contributed by atoms with E-state index in [4.69, 9.17) is 16.3 Å². The third-order valence-corrected chi connectivity index (χ3v) is 5.78. The summed E-state index contributed by atoms with van der Waals surface area (Å²) < 4.78 is 5.40. The van der Waals surface area contributed by atoms with Crippen LogP contribution in [-0.2, 0) is 0 Å². The Balaban J connectivity index is 1.52. The van der Waals surface area contributed by atoms with Crippen LogP contribution in [-0.4, -0.2) is 47.7 Å². The van der Waals surface area contributed by atoms with Gasteiger partial charge in [0.2, 0.25) is 0 Å². The van der Waals surface area contributed by atoms with Gasteiger partial charge in [-0.2, -0.15) is 5.10 Å². The Bertz CT molecular complexity index is 996. The summed E-state index contributed by atoms with van der Waals surface area (Å²) in [4.78, 5) is 15.4. The topological polar surface area (TPSA) is 70.2 Å². The van der Waals surface area contributed by atoms with Gasteiger partial charge < -0.3 is 10.1 Å². The van der Waals surface area contributed by atoms with Crippen LogP contribution in [0.4, 0.5) is 0 Å².